The minimum absolute atomic E-state index is 0.717. The van der Waals surface area contributed by atoms with Crippen LogP contribution in [-0.2, 0) is 4.74 Å². The third-order valence-corrected chi connectivity index (χ3v) is 16.8. The number of hydrogen-bond donors (Lipinski definition) is 0. The van der Waals surface area contributed by atoms with Gasteiger partial charge in [0.1, 0.15) is 0 Å². The molecule has 3 aromatic rings. The van der Waals surface area contributed by atoms with Crippen molar-refractivity contribution in [1.82, 2.24) is 0 Å². The summed E-state index contributed by atoms with van der Waals surface area (Å²) >= 11 is 4.70. The van der Waals surface area contributed by atoms with Gasteiger partial charge in [-0.05, 0) is 0 Å². The van der Waals surface area contributed by atoms with Crippen molar-refractivity contribution < 1.29 is 4.74 Å². The zero-order valence-electron chi connectivity index (χ0n) is 20.1. The minimum atomic E-state index is -3.07. The van der Waals surface area contributed by atoms with Crippen molar-refractivity contribution in [3.8, 4) is 0 Å². The van der Waals surface area contributed by atoms with E-state index in [1.165, 1.54) is 49.3 Å². The molecule has 0 atom stereocenters. The Labute approximate surface area is 196 Å². The monoisotopic (exact) mass is 498 g/mol. The summed E-state index contributed by atoms with van der Waals surface area (Å²) in [6.07, 6.45) is 0.933. The molecule has 166 valence electrons. The molecule has 31 heavy (non-hydrogen) atoms. The summed E-state index contributed by atoms with van der Waals surface area (Å²) in [6.45, 7) is 17.2. The molecule has 0 N–H and O–H groups in total. The molecular formula is C28H36BrOP. The third kappa shape index (κ3) is 3.92. The first-order chi connectivity index (χ1) is 14.7. The Bertz CT molecular complexity index is 913. The molecule has 3 heteroatoms. The molecule has 0 saturated heterocycles. The third-order valence-electron chi connectivity index (χ3n) is 6.58. The van der Waals surface area contributed by atoms with Gasteiger partial charge in [-0.3, -0.25) is 0 Å². The molecule has 0 aromatic heterocycles. The Morgan fingerprint density at radius 3 is 1.16 bits per heavy atom. The number of hydrogen-bond acceptors (Lipinski definition) is 1. The molecule has 0 heterocycles. The molecule has 0 aliphatic carbocycles. The topological polar surface area (TPSA) is 9.23 Å². The van der Waals surface area contributed by atoms with E-state index in [0.717, 1.165) is 19.4 Å². The molecule has 0 aliphatic heterocycles. The van der Waals surface area contributed by atoms with Gasteiger partial charge in [0.2, 0.25) is 0 Å². The zero-order chi connectivity index (χ0) is 22.8. The van der Waals surface area contributed by atoms with Crippen LogP contribution in [0.25, 0.3) is 0 Å². The molecule has 0 saturated carbocycles. The van der Waals surface area contributed by atoms with Gasteiger partial charge < -0.3 is 0 Å². The second-order valence-corrected chi connectivity index (χ2v) is 17.7. The van der Waals surface area contributed by atoms with Crippen molar-refractivity contribution >= 4 is 36.7 Å². The Balaban J connectivity index is 2.65. The van der Waals surface area contributed by atoms with E-state index in [-0.39, 0.29) is 0 Å². The van der Waals surface area contributed by atoms with E-state index in [0.29, 0.717) is 0 Å². The number of aryl methyl sites for hydroxylation is 6. The molecule has 3 rings (SSSR count). The second-order valence-electron chi connectivity index (χ2n) is 8.82. The van der Waals surface area contributed by atoms with Crippen LogP contribution in [0.1, 0.15) is 40.3 Å². The van der Waals surface area contributed by atoms with Crippen molar-refractivity contribution in [2.45, 2.75) is 48.5 Å². The second kappa shape index (κ2) is 9.18. The molecule has 0 bridgehead atoms. The van der Waals surface area contributed by atoms with Crippen LogP contribution >= 0.6 is 20.8 Å². The first kappa shape index (κ1) is 24.2. The average Bonchev–Trinajstić information content (AvgIpc) is 2.68. The van der Waals surface area contributed by atoms with Gasteiger partial charge in [-0.1, -0.05) is 0 Å². The quantitative estimate of drug-likeness (QED) is 0.259. The zero-order valence-corrected chi connectivity index (χ0v) is 22.5. The summed E-state index contributed by atoms with van der Waals surface area (Å²) in [4.78, 5) is 0. The first-order valence-corrected chi connectivity index (χ1v) is 15.6. The maximum atomic E-state index is 6.06. The summed E-state index contributed by atoms with van der Waals surface area (Å²) in [5, 5.41) is 1.31. The Morgan fingerprint density at radius 2 is 0.903 bits per heavy atom. The van der Waals surface area contributed by atoms with Crippen LogP contribution in [0.4, 0.5) is 0 Å². The predicted molar refractivity (Wildman–Crippen MR) is 144 cm³/mol. The van der Waals surface area contributed by atoms with Crippen LogP contribution in [0.5, 0.6) is 0 Å². The number of benzene rings is 3. The molecule has 0 spiro atoms. The molecule has 0 unspecified atom stereocenters. The summed E-state index contributed by atoms with van der Waals surface area (Å²) < 4.78 is 6.06. The molecular weight excluding hydrogens is 463 g/mol. The van der Waals surface area contributed by atoms with Gasteiger partial charge >= 0.3 is 197 Å². The van der Waals surface area contributed by atoms with Crippen molar-refractivity contribution in [2.24, 2.45) is 0 Å². The Morgan fingerprint density at radius 1 is 0.613 bits per heavy atom. The van der Waals surface area contributed by atoms with Crippen LogP contribution in [-0.4, -0.2) is 19.4 Å². The number of rotatable bonds is 7. The van der Waals surface area contributed by atoms with Gasteiger partial charge in [0.25, 0.3) is 0 Å². The van der Waals surface area contributed by atoms with Gasteiger partial charge in [-0.25, -0.2) is 0 Å². The molecule has 0 amide bonds. The fourth-order valence-corrected chi connectivity index (χ4v) is 17.8. The van der Waals surface area contributed by atoms with Gasteiger partial charge in [0.15, 0.2) is 0 Å². The Kier molecular flexibility index (Phi) is 7.16. The molecule has 3 aromatic carbocycles. The van der Waals surface area contributed by atoms with Gasteiger partial charge in [0.05, 0.1) is 0 Å². The van der Waals surface area contributed by atoms with Crippen LogP contribution in [0.2, 0.25) is 0 Å². The summed E-state index contributed by atoms with van der Waals surface area (Å²) in [5.74, 6) is 0. The number of halogens is 1. The van der Waals surface area contributed by atoms with E-state index >= 15 is 0 Å². The van der Waals surface area contributed by atoms with E-state index in [4.69, 9.17) is 20.2 Å². The first-order valence-electron chi connectivity index (χ1n) is 11.2. The van der Waals surface area contributed by atoms with E-state index in [1.54, 1.807) is 0 Å². The van der Waals surface area contributed by atoms with Gasteiger partial charge in [0, 0.05) is 0 Å². The summed E-state index contributed by atoms with van der Waals surface area (Å²) in [5.41, 5.74) is 8.06. The fraction of sp³-hybridized carbons (Fsp3) is 0.357. The van der Waals surface area contributed by atoms with E-state index < -0.39 is 5.31 Å². The number of ether oxygens (including phenoxy) is 1. The van der Waals surface area contributed by atoms with E-state index in [9.17, 15) is 0 Å². The fourth-order valence-electron chi connectivity index (χ4n) is 5.67. The normalized spacial score (nSPS) is 13.1. The van der Waals surface area contributed by atoms with Crippen LogP contribution in [0.3, 0.4) is 0 Å². The summed E-state index contributed by atoms with van der Waals surface area (Å²) in [7, 11) is 0. The van der Waals surface area contributed by atoms with E-state index in [1.807, 2.05) is 0 Å². The Hall–Kier alpha value is -1.47. The molecule has 0 aliphatic rings. The average molecular weight is 499 g/mol. The maximum absolute atomic E-state index is 6.06. The van der Waals surface area contributed by atoms with Crippen LogP contribution in [0.15, 0.2) is 54.6 Å². The standard InChI is InChI=1S/C28H36BrOP/c1-8-30-18-19-31(29,26-20(2)12-9-13-21(26)3,27-22(4)14-10-15-23(27)5)28-24(6)16-11-17-25(28)7/h9-17H,8,18-19H2,1-7H3. The van der Waals surface area contributed by atoms with Crippen molar-refractivity contribution in [3.05, 3.63) is 88.0 Å². The van der Waals surface area contributed by atoms with Crippen molar-refractivity contribution in [2.75, 3.05) is 19.4 Å². The predicted octanol–water partition coefficient (Wildman–Crippen LogP) is 6.71. The molecule has 0 radical (unpaired) electrons. The molecule has 1 nitrogen and oxygen atoms in total. The SMILES string of the molecule is CCOCCP(Br)(c1c(C)cccc1C)(c1c(C)cccc1C)c1c(C)cccc1C. The van der Waals surface area contributed by atoms with Crippen molar-refractivity contribution in [1.29, 1.82) is 0 Å². The summed E-state index contributed by atoms with van der Waals surface area (Å²) in [6, 6.07) is 20.2. The van der Waals surface area contributed by atoms with Crippen molar-refractivity contribution in [3.63, 3.8) is 0 Å². The van der Waals surface area contributed by atoms with Gasteiger partial charge in [-0.2, -0.15) is 0 Å². The van der Waals surface area contributed by atoms with Crippen LogP contribution in [0, 0.1) is 41.5 Å². The van der Waals surface area contributed by atoms with E-state index in [2.05, 4.69) is 103 Å². The molecule has 0 fully saturated rings. The van der Waals surface area contributed by atoms with Gasteiger partial charge in [-0.15, -0.1) is 0 Å². The van der Waals surface area contributed by atoms with Crippen LogP contribution < -0.4 is 15.9 Å².